The van der Waals surface area contributed by atoms with Crippen molar-refractivity contribution in [2.24, 2.45) is 0 Å². The number of allylic oxidation sites excluding steroid dienone is 2. The zero-order valence-corrected chi connectivity index (χ0v) is 21.1. The molecular weight excluding hydrogens is 466 g/mol. The highest BCUT2D eigenvalue weighted by molar-refractivity contribution is 5.91. The lowest BCUT2D eigenvalue weighted by Gasteiger charge is -2.14. The SMILES string of the molecule is C/C=C/CCc1ccc(OC(=O)c2ccc(-c3cc(F)c(C[C@@H](C)c4ccccc4)c(F)c3)cc2)cc1. The maximum atomic E-state index is 14.9. The summed E-state index contributed by atoms with van der Waals surface area (Å²) < 4.78 is 35.3. The first-order valence-corrected chi connectivity index (χ1v) is 12.5. The standard InChI is InChI=1S/C33H30F2O2/c1-3-4-6-9-24-12-18-29(19-13-24)37-33(36)27-16-14-26(15-17-27)28-21-31(34)30(32(35)22-28)20-23(2)25-10-7-5-8-11-25/h3-5,7-8,10-19,21-23H,6,9,20H2,1-2H3/b4-3+/t23-/m1/s1. The second-order valence-corrected chi connectivity index (χ2v) is 9.15. The summed E-state index contributed by atoms with van der Waals surface area (Å²) in [5.74, 6) is -1.19. The fourth-order valence-corrected chi connectivity index (χ4v) is 4.28. The Morgan fingerprint density at radius 3 is 2.14 bits per heavy atom. The van der Waals surface area contributed by atoms with Crippen molar-refractivity contribution in [1.82, 2.24) is 0 Å². The highest BCUT2D eigenvalue weighted by Gasteiger charge is 2.17. The molecule has 4 aromatic carbocycles. The van der Waals surface area contributed by atoms with E-state index in [-0.39, 0.29) is 17.9 Å². The summed E-state index contributed by atoms with van der Waals surface area (Å²) >= 11 is 0. The van der Waals surface area contributed by atoms with Crippen molar-refractivity contribution in [3.8, 4) is 16.9 Å². The third-order valence-corrected chi connectivity index (χ3v) is 6.44. The van der Waals surface area contributed by atoms with Crippen LogP contribution in [-0.4, -0.2) is 5.97 Å². The van der Waals surface area contributed by atoms with Crippen molar-refractivity contribution in [3.63, 3.8) is 0 Å². The van der Waals surface area contributed by atoms with Gasteiger partial charge in [0.2, 0.25) is 0 Å². The Hall–Kier alpha value is -4.05. The van der Waals surface area contributed by atoms with Gasteiger partial charge < -0.3 is 4.74 Å². The second kappa shape index (κ2) is 12.3. The van der Waals surface area contributed by atoms with E-state index in [4.69, 9.17) is 4.74 Å². The average molecular weight is 497 g/mol. The molecule has 1 atom stereocenters. The number of rotatable bonds is 9. The number of esters is 1. The van der Waals surface area contributed by atoms with E-state index in [9.17, 15) is 13.6 Å². The Morgan fingerprint density at radius 1 is 0.865 bits per heavy atom. The Bertz CT molecular complexity index is 1340. The minimum Gasteiger partial charge on any atom is -0.423 e. The molecule has 0 aliphatic carbocycles. The van der Waals surface area contributed by atoms with Crippen molar-refractivity contribution in [2.45, 2.75) is 39.0 Å². The van der Waals surface area contributed by atoms with Crippen LogP contribution in [0.3, 0.4) is 0 Å². The summed E-state index contributed by atoms with van der Waals surface area (Å²) in [5.41, 5.74) is 3.67. The van der Waals surface area contributed by atoms with Crippen molar-refractivity contribution < 1.29 is 18.3 Å². The van der Waals surface area contributed by atoms with E-state index in [2.05, 4.69) is 6.08 Å². The van der Waals surface area contributed by atoms with E-state index >= 15 is 0 Å². The zero-order valence-electron chi connectivity index (χ0n) is 21.1. The molecule has 0 aliphatic heterocycles. The molecule has 37 heavy (non-hydrogen) atoms. The number of halogens is 2. The van der Waals surface area contributed by atoms with Crippen LogP contribution in [0.15, 0.2) is 103 Å². The molecular formula is C33H30F2O2. The van der Waals surface area contributed by atoms with Gasteiger partial charge in [-0.2, -0.15) is 0 Å². The summed E-state index contributed by atoms with van der Waals surface area (Å²) in [7, 11) is 0. The molecule has 4 aromatic rings. The summed E-state index contributed by atoms with van der Waals surface area (Å²) in [6.45, 7) is 3.95. The van der Waals surface area contributed by atoms with Gasteiger partial charge in [-0.25, -0.2) is 13.6 Å². The lowest BCUT2D eigenvalue weighted by Crippen LogP contribution is -2.08. The monoisotopic (exact) mass is 496 g/mol. The van der Waals surface area contributed by atoms with Crippen LogP contribution in [-0.2, 0) is 12.8 Å². The normalized spacial score (nSPS) is 12.0. The smallest absolute Gasteiger partial charge is 0.343 e. The lowest BCUT2D eigenvalue weighted by atomic mass is 9.92. The summed E-state index contributed by atoms with van der Waals surface area (Å²) in [6.07, 6.45) is 6.29. The maximum absolute atomic E-state index is 14.9. The predicted octanol–water partition coefficient (Wildman–Crippen LogP) is 8.71. The first-order chi connectivity index (χ1) is 17.9. The van der Waals surface area contributed by atoms with E-state index in [1.807, 2.05) is 62.4 Å². The number of ether oxygens (including phenoxy) is 1. The molecule has 0 radical (unpaired) electrons. The van der Waals surface area contributed by atoms with Gasteiger partial charge in [-0.3, -0.25) is 0 Å². The predicted molar refractivity (Wildman–Crippen MR) is 145 cm³/mol. The second-order valence-electron chi connectivity index (χ2n) is 9.15. The fourth-order valence-electron chi connectivity index (χ4n) is 4.28. The van der Waals surface area contributed by atoms with Gasteiger partial charge in [0.15, 0.2) is 0 Å². The van der Waals surface area contributed by atoms with Crippen molar-refractivity contribution in [1.29, 1.82) is 0 Å². The van der Waals surface area contributed by atoms with Crippen LogP contribution in [0, 0.1) is 11.6 Å². The molecule has 0 spiro atoms. The van der Waals surface area contributed by atoms with Crippen LogP contribution in [0.4, 0.5) is 8.78 Å². The number of aryl methyl sites for hydroxylation is 1. The van der Waals surface area contributed by atoms with Gasteiger partial charge in [0.25, 0.3) is 0 Å². The van der Waals surface area contributed by atoms with E-state index in [0.717, 1.165) is 18.4 Å². The van der Waals surface area contributed by atoms with Crippen molar-refractivity contribution in [2.75, 3.05) is 0 Å². The van der Waals surface area contributed by atoms with Crippen LogP contribution >= 0.6 is 0 Å². The van der Waals surface area contributed by atoms with Crippen LogP contribution in [0.1, 0.15) is 53.2 Å². The molecule has 0 saturated carbocycles. The van der Waals surface area contributed by atoms with Gasteiger partial charge in [-0.05, 0) is 90.8 Å². The van der Waals surface area contributed by atoms with Gasteiger partial charge in [-0.15, -0.1) is 0 Å². The highest BCUT2D eigenvalue weighted by atomic mass is 19.1. The molecule has 0 aromatic heterocycles. The van der Waals surface area contributed by atoms with Gasteiger partial charge in [0.1, 0.15) is 17.4 Å². The van der Waals surface area contributed by atoms with Gasteiger partial charge >= 0.3 is 5.97 Å². The molecule has 0 amide bonds. The number of benzene rings is 4. The Balaban J connectivity index is 1.42. The molecule has 188 valence electrons. The Labute approximate surface area is 217 Å². The third-order valence-electron chi connectivity index (χ3n) is 6.44. The first-order valence-electron chi connectivity index (χ1n) is 12.5. The van der Waals surface area contributed by atoms with E-state index in [1.54, 1.807) is 36.4 Å². The molecule has 2 nitrogen and oxygen atoms in total. The minimum absolute atomic E-state index is 0.0178. The highest BCUT2D eigenvalue weighted by Crippen LogP contribution is 2.29. The van der Waals surface area contributed by atoms with Crippen LogP contribution in [0.5, 0.6) is 5.75 Å². The first kappa shape index (κ1) is 26.0. The van der Waals surface area contributed by atoms with E-state index in [0.29, 0.717) is 22.4 Å². The van der Waals surface area contributed by atoms with E-state index in [1.165, 1.54) is 17.7 Å². The minimum atomic E-state index is -0.574. The van der Waals surface area contributed by atoms with Gasteiger partial charge in [0, 0.05) is 5.56 Å². The molecule has 0 aliphatic rings. The largest absolute Gasteiger partial charge is 0.423 e. The lowest BCUT2D eigenvalue weighted by molar-refractivity contribution is 0.0734. The molecule has 0 N–H and O–H groups in total. The third kappa shape index (κ3) is 6.79. The molecule has 0 unspecified atom stereocenters. The topological polar surface area (TPSA) is 26.3 Å². The molecule has 0 heterocycles. The number of hydrogen-bond donors (Lipinski definition) is 0. The number of carbonyl (C=O) groups is 1. The van der Waals surface area contributed by atoms with E-state index < -0.39 is 17.6 Å². The molecule has 0 fully saturated rings. The maximum Gasteiger partial charge on any atom is 0.343 e. The molecule has 0 saturated heterocycles. The van der Waals surface area contributed by atoms with Crippen molar-refractivity contribution in [3.05, 3.63) is 137 Å². The molecule has 4 heteroatoms. The average Bonchev–Trinajstić information content (AvgIpc) is 2.92. The van der Waals surface area contributed by atoms with Crippen LogP contribution in [0.25, 0.3) is 11.1 Å². The summed E-state index contributed by atoms with van der Waals surface area (Å²) in [6, 6.07) is 26.4. The van der Waals surface area contributed by atoms with Crippen LogP contribution in [0.2, 0.25) is 0 Å². The summed E-state index contributed by atoms with van der Waals surface area (Å²) in [4.78, 5) is 12.6. The quantitative estimate of drug-likeness (QED) is 0.132. The zero-order chi connectivity index (χ0) is 26.2. The Kier molecular flexibility index (Phi) is 8.63. The van der Waals surface area contributed by atoms with Gasteiger partial charge in [-0.1, -0.05) is 73.7 Å². The van der Waals surface area contributed by atoms with Crippen molar-refractivity contribution >= 4 is 5.97 Å². The van der Waals surface area contributed by atoms with Gasteiger partial charge in [0.05, 0.1) is 5.56 Å². The Morgan fingerprint density at radius 2 is 1.51 bits per heavy atom. The number of hydrogen-bond acceptors (Lipinski definition) is 2. The summed E-state index contributed by atoms with van der Waals surface area (Å²) in [5, 5.41) is 0. The molecule has 4 rings (SSSR count). The molecule has 0 bridgehead atoms. The van der Waals surface area contributed by atoms with Crippen LogP contribution < -0.4 is 4.74 Å². The fraction of sp³-hybridized carbons (Fsp3) is 0.182. The number of carbonyl (C=O) groups excluding carboxylic acids is 1.